The highest BCUT2D eigenvalue weighted by atomic mass is 79.9. The monoisotopic (exact) mass is 441 g/mol. The number of nitrogens with one attached hydrogen (secondary N) is 1. The Morgan fingerprint density at radius 2 is 1.87 bits per heavy atom. The Hall–Kier alpha value is -1.04. The van der Waals surface area contributed by atoms with Crippen LogP contribution in [0.1, 0.15) is 31.0 Å². The van der Waals surface area contributed by atoms with E-state index >= 15 is 0 Å². The molecule has 0 heterocycles. The Labute approximate surface area is 154 Å². The molecule has 1 atom stereocenters. The number of methoxy groups -OCH3 is 1. The van der Waals surface area contributed by atoms with Gasteiger partial charge in [-0.3, -0.25) is 0 Å². The summed E-state index contributed by atoms with van der Waals surface area (Å²) in [6.45, 7) is 5.47. The third-order valence-corrected chi connectivity index (χ3v) is 4.87. The first-order valence-electron chi connectivity index (χ1n) is 7.53. The molecule has 124 valence electrons. The fourth-order valence-corrected chi connectivity index (χ4v) is 3.67. The highest BCUT2D eigenvalue weighted by Gasteiger charge is 2.13. The standard InChI is InChI=1S/C18H21Br2NO2/c1-4-23-17-10-13(9-16(20)18(17)22-3)11-21-12(2)14-7-5-6-8-15(14)19/h5-10,12,21H,4,11H2,1-3H3. The summed E-state index contributed by atoms with van der Waals surface area (Å²) < 4.78 is 13.1. The first-order valence-corrected chi connectivity index (χ1v) is 9.12. The van der Waals surface area contributed by atoms with E-state index in [0.717, 1.165) is 32.6 Å². The van der Waals surface area contributed by atoms with Crippen LogP contribution in [0.25, 0.3) is 0 Å². The third kappa shape index (κ3) is 4.72. The predicted molar refractivity (Wildman–Crippen MR) is 101 cm³/mol. The highest BCUT2D eigenvalue weighted by molar-refractivity contribution is 9.10. The van der Waals surface area contributed by atoms with Crippen LogP contribution < -0.4 is 14.8 Å². The van der Waals surface area contributed by atoms with Crippen molar-refractivity contribution in [1.82, 2.24) is 5.32 Å². The summed E-state index contributed by atoms with van der Waals surface area (Å²) in [7, 11) is 1.65. The molecule has 0 saturated heterocycles. The van der Waals surface area contributed by atoms with Crippen LogP contribution in [-0.2, 0) is 6.54 Å². The Bertz CT molecular complexity index is 661. The SMILES string of the molecule is CCOc1cc(CNC(C)c2ccccc2Br)cc(Br)c1OC. The largest absolute Gasteiger partial charge is 0.492 e. The maximum absolute atomic E-state index is 5.67. The van der Waals surface area contributed by atoms with Gasteiger partial charge in [-0.05, 0) is 59.1 Å². The molecule has 0 amide bonds. The summed E-state index contributed by atoms with van der Waals surface area (Å²) in [5.41, 5.74) is 2.38. The minimum Gasteiger partial charge on any atom is -0.492 e. The first-order chi connectivity index (χ1) is 11.1. The lowest BCUT2D eigenvalue weighted by Gasteiger charge is -2.17. The van der Waals surface area contributed by atoms with Crippen LogP contribution in [-0.4, -0.2) is 13.7 Å². The lowest BCUT2D eigenvalue weighted by molar-refractivity contribution is 0.309. The third-order valence-electron chi connectivity index (χ3n) is 3.56. The van der Waals surface area contributed by atoms with Crippen molar-refractivity contribution in [1.29, 1.82) is 0 Å². The molecule has 2 rings (SSSR count). The van der Waals surface area contributed by atoms with E-state index in [4.69, 9.17) is 9.47 Å². The zero-order valence-corrected chi connectivity index (χ0v) is 16.7. The van der Waals surface area contributed by atoms with Crippen LogP contribution in [0.15, 0.2) is 45.3 Å². The smallest absolute Gasteiger partial charge is 0.174 e. The lowest BCUT2D eigenvalue weighted by atomic mass is 10.1. The molecule has 0 radical (unpaired) electrons. The minimum atomic E-state index is 0.238. The molecule has 0 aliphatic rings. The Morgan fingerprint density at radius 1 is 1.13 bits per heavy atom. The molecule has 0 aromatic heterocycles. The summed E-state index contributed by atoms with van der Waals surface area (Å²) >= 11 is 7.15. The van der Waals surface area contributed by atoms with Gasteiger partial charge in [0.25, 0.3) is 0 Å². The summed E-state index contributed by atoms with van der Waals surface area (Å²) in [6.07, 6.45) is 0. The van der Waals surface area contributed by atoms with Gasteiger partial charge in [-0.15, -0.1) is 0 Å². The van der Waals surface area contributed by atoms with E-state index in [9.17, 15) is 0 Å². The second-order valence-electron chi connectivity index (χ2n) is 5.17. The molecule has 2 aromatic rings. The van der Waals surface area contributed by atoms with E-state index in [-0.39, 0.29) is 6.04 Å². The van der Waals surface area contributed by atoms with E-state index in [1.54, 1.807) is 7.11 Å². The fourth-order valence-electron chi connectivity index (χ4n) is 2.39. The fraction of sp³-hybridized carbons (Fsp3) is 0.333. The van der Waals surface area contributed by atoms with Crippen molar-refractivity contribution in [2.24, 2.45) is 0 Å². The van der Waals surface area contributed by atoms with Gasteiger partial charge in [-0.25, -0.2) is 0 Å². The van der Waals surface area contributed by atoms with Crippen LogP contribution in [0.2, 0.25) is 0 Å². The van der Waals surface area contributed by atoms with E-state index < -0.39 is 0 Å². The number of ether oxygens (including phenoxy) is 2. The zero-order valence-electron chi connectivity index (χ0n) is 13.5. The molecule has 23 heavy (non-hydrogen) atoms. The topological polar surface area (TPSA) is 30.5 Å². The molecule has 0 aliphatic heterocycles. The van der Waals surface area contributed by atoms with Gasteiger partial charge in [0.1, 0.15) is 0 Å². The van der Waals surface area contributed by atoms with E-state index in [2.05, 4.69) is 68.4 Å². The Balaban J connectivity index is 2.13. The molecule has 5 heteroatoms. The Morgan fingerprint density at radius 3 is 2.52 bits per heavy atom. The number of hydrogen-bond acceptors (Lipinski definition) is 3. The molecule has 0 aliphatic carbocycles. The summed E-state index contributed by atoms with van der Waals surface area (Å²) in [4.78, 5) is 0. The zero-order chi connectivity index (χ0) is 16.8. The van der Waals surface area contributed by atoms with Gasteiger partial charge in [0.2, 0.25) is 0 Å². The van der Waals surface area contributed by atoms with E-state index in [1.165, 1.54) is 5.56 Å². The summed E-state index contributed by atoms with van der Waals surface area (Å²) in [5.74, 6) is 1.49. The molecule has 3 nitrogen and oxygen atoms in total. The minimum absolute atomic E-state index is 0.238. The van der Waals surface area contributed by atoms with E-state index in [0.29, 0.717) is 6.61 Å². The van der Waals surface area contributed by atoms with Crippen molar-refractivity contribution in [3.05, 3.63) is 56.5 Å². The van der Waals surface area contributed by atoms with Crippen LogP contribution >= 0.6 is 31.9 Å². The molecule has 0 spiro atoms. The van der Waals surface area contributed by atoms with Crippen molar-refractivity contribution < 1.29 is 9.47 Å². The number of hydrogen-bond donors (Lipinski definition) is 1. The van der Waals surface area contributed by atoms with Gasteiger partial charge in [0.05, 0.1) is 18.2 Å². The Kier molecular flexibility index (Phi) is 6.93. The maximum atomic E-state index is 5.67. The van der Waals surface area contributed by atoms with Gasteiger partial charge >= 0.3 is 0 Å². The van der Waals surface area contributed by atoms with E-state index in [1.807, 2.05) is 19.1 Å². The highest BCUT2D eigenvalue weighted by Crippen LogP contribution is 2.36. The van der Waals surface area contributed by atoms with Crippen molar-refractivity contribution in [3.63, 3.8) is 0 Å². The molecule has 1 N–H and O–H groups in total. The summed E-state index contributed by atoms with van der Waals surface area (Å²) in [5, 5.41) is 3.54. The van der Waals surface area contributed by atoms with Gasteiger partial charge in [0.15, 0.2) is 11.5 Å². The number of rotatable bonds is 7. The average Bonchev–Trinajstić information content (AvgIpc) is 2.53. The van der Waals surface area contributed by atoms with Gasteiger partial charge in [-0.1, -0.05) is 34.1 Å². The van der Waals surface area contributed by atoms with Crippen molar-refractivity contribution >= 4 is 31.9 Å². The lowest BCUT2D eigenvalue weighted by Crippen LogP contribution is -2.18. The predicted octanol–water partition coefficient (Wildman–Crippen LogP) is 5.47. The quantitative estimate of drug-likeness (QED) is 0.616. The van der Waals surface area contributed by atoms with Crippen LogP contribution in [0, 0.1) is 0 Å². The van der Waals surface area contributed by atoms with Gasteiger partial charge in [0, 0.05) is 17.1 Å². The second kappa shape index (κ2) is 8.71. The first kappa shape index (κ1) is 18.3. The van der Waals surface area contributed by atoms with Crippen LogP contribution in [0.5, 0.6) is 11.5 Å². The molecule has 0 bridgehead atoms. The molecule has 1 unspecified atom stereocenters. The van der Waals surface area contributed by atoms with Crippen molar-refractivity contribution in [2.75, 3.05) is 13.7 Å². The second-order valence-corrected chi connectivity index (χ2v) is 6.87. The molecular weight excluding hydrogens is 422 g/mol. The maximum Gasteiger partial charge on any atom is 0.174 e. The molecule has 0 fully saturated rings. The number of benzene rings is 2. The molecule has 2 aromatic carbocycles. The van der Waals surface area contributed by atoms with Gasteiger partial charge < -0.3 is 14.8 Å². The van der Waals surface area contributed by atoms with Crippen molar-refractivity contribution in [2.45, 2.75) is 26.4 Å². The average molecular weight is 443 g/mol. The molecular formula is C18H21Br2NO2. The number of halogens is 2. The van der Waals surface area contributed by atoms with Gasteiger partial charge in [-0.2, -0.15) is 0 Å². The van der Waals surface area contributed by atoms with Crippen molar-refractivity contribution in [3.8, 4) is 11.5 Å². The molecule has 0 saturated carbocycles. The van der Waals surface area contributed by atoms with Crippen LogP contribution in [0.3, 0.4) is 0 Å². The van der Waals surface area contributed by atoms with Crippen LogP contribution in [0.4, 0.5) is 0 Å². The normalized spacial score (nSPS) is 12.0. The summed E-state index contributed by atoms with van der Waals surface area (Å²) in [6, 6.07) is 12.6.